The molecule has 1 N–H and O–H groups in total. The molecule has 0 radical (unpaired) electrons. The summed E-state index contributed by atoms with van der Waals surface area (Å²) in [5.41, 5.74) is 1.23. The number of piperidine rings is 1. The molecule has 1 aliphatic rings. The molecule has 0 aliphatic carbocycles. The molecular formula is C19H28N4O4S2. The van der Waals surface area contributed by atoms with E-state index in [1.165, 1.54) is 28.9 Å². The lowest BCUT2D eigenvalue weighted by Crippen LogP contribution is -2.47. The topological polar surface area (TPSA) is 101 Å². The Morgan fingerprint density at radius 1 is 1.00 bits per heavy atom. The second-order valence-electron chi connectivity index (χ2n) is 7.72. The fourth-order valence-corrected chi connectivity index (χ4v) is 7.42. The molecule has 1 saturated heterocycles. The lowest BCUT2D eigenvalue weighted by atomic mass is 10.0. The lowest BCUT2D eigenvalue weighted by molar-refractivity contribution is 0.204. The van der Waals surface area contributed by atoms with Crippen molar-refractivity contribution in [2.45, 2.75) is 68.8 Å². The van der Waals surface area contributed by atoms with Crippen LogP contribution in [0.15, 0.2) is 34.1 Å². The first-order valence-electron chi connectivity index (χ1n) is 9.62. The van der Waals surface area contributed by atoms with Crippen molar-refractivity contribution in [3.05, 3.63) is 35.7 Å². The highest BCUT2D eigenvalue weighted by Gasteiger charge is 2.35. The van der Waals surface area contributed by atoms with E-state index in [1.807, 2.05) is 13.8 Å². The highest BCUT2D eigenvalue weighted by atomic mass is 32.2. The maximum atomic E-state index is 13.1. The van der Waals surface area contributed by atoms with Crippen LogP contribution >= 0.6 is 0 Å². The van der Waals surface area contributed by atoms with Crippen LogP contribution < -0.4 is 4.72 Å². The van der Waals surface area contributed by atoms with Crippen LogP contribution in [0, 0.1) is 13.8 Å². The van der Waals surface area contributed by atoms with Gasteiger partial charge in [0.25, 0.3) is 10.0 Å². The third-order valence-corrected chi connectivity index (χ3v) is 9.28. The summed E-state index contributed by atoms with van der Waals surface area (Å²) in [4.78, 5) is 0.294. The van der Waals surface area contributed by atoms with Crippen molar-refractivity contribution in [3.63, 3.8) is 0 Å². The van der Waals surface area contributed by atoms with E-state index in [-0.39, 0.29) is 21.9 Å². The molecule has 10 heteroatoms. The van der Waals surface area contributed by atoms with Crippen molar-refractivity contribution in [2.24, 2.45) is 7.05 Å². The van der Waals surface area contributed by atoms with Gasteiger partial charge in [-0.1, -0.05) is 6.42 Å². The summed E-state index contributed by atoms with van der Waals surface area (Å²) >= 11 is 0. The standard InChI is InChI=1S/C19H28N4O4S2/c1-13-7-6-8-14(2)23(13)29(26,27)18-11-9-17(10-12-18)21-28(24,25)19-15(3)20-22(5)16(19)4/h9-14,21H,6-8H2,1-5H3. The van der Waals surface area contributed by atoms with Crippen LogP contribution in [-0.2, 0) is 27.1 Å². The molecular weight excluding hydrogens is 412 g/mol. The summed E-state index contributed by atoms with van der Waals surface area (Å²) in [6.45, 7) is 7.17. The van der Waals surface area contributed by atoms with Gasteiger partial charge < -0.3 is 0 Å². The number of hydrogen-bond donors (Lipinski definition) is 1. The number of aryl methyl sites for hydroxylation is 2. The number of aromatic nitrogens is 2. The predicted molar refractivity (Wildman–Crippen MR) is 112 cm³/mol. The number of hydrogen-bond acceptors (Lipinski definition) is 5. The SMILES string of the molecule is Cc1nn(C)c(C)c1S(=O)(=O)Nc1ccc(S(=O)(=O)N2C(C)CCCC2C)cc1. The summed E-state index contributed by atoms with van der Waals surface area (Å²) in [5, 5.41) is 4.14. The van der Waals surface area contributed by atoms with Crippen LogP contribution in [0.25, 0.3) is 0 Å². The molecule has 29 heavy (non-hydrogen) atoms. The van der Waals surface area contributed by atoms with E-state index >= 15 is 0 Å². The summed E-state index contributed by atoms with van der Waals surface area (Å²) in [5.74, 6) is 0. The predicted octanol–water partition coefficient (Wildman–Crippen LogP) is 2.79. The Kier molecular flexibility index (Phi) is 5.81. The lowest BCUT2D eigenvalue weighted by Gasteiger charge is -2.37. The Morgan fingerprint density at radius 2 is 1.55 bits per heavy atom. The minimum absolute atomic E-state index is 0.0570. The van der Waals surface area contributed by atoms with Crippen LogP contribution in [0.2, 0.25) is 0 Å². The van der Waals surface area contributed by atoms with Crippen molar-refractivity contribution in [1.29, 1.82) is 0 Å². The van der Waals surface area contributed by atoms with Gasteiger partial charge in [-0.25, -0.2) is 16.8 Å². The molecule has 8 nitrogen and oxygen atoms in total. The third-order valence-electron chi connectivity index (χ3n) is 5.51. The number of benzene rings is 1. The smallest absolute Gasteiger partial charge is 0.265 e. The number of sulfonamides is 2. The van der Waals surface area contributed by atoms with E-state index in [0.717, 1.165) is 19.3 Å². The first kappa shape index (κ1) is 21.8. The normalized spacial score (nSPS) is 21.3. The quantitative estimate of drug-likeness (QED) is 0.770. The molecule has 2 heterocycles. The number of nitrogens with zero attached hydrogens (tertiary/aromatic N) is 3. The molecule has 2 atom stereocenters. The molecule has 1 aliphatic heterocycles. The molecule has 1 aromatic heterocycles. The van der Waals surface area contributed by atoms with Crippen molar-refractivity contribution < 1.29 is 16.8 Å². The molecule has 2 unspecified atom stereocenters. The van der Waals surface area contributed by atoms with Crippen molar-refractivity contribution in [1.82, 2.24) is 14.1 Å². The number of anilines is 1. The van der Waals surface area contributed by atoms with Crippen LogP contribution in [0.3, 0.4) is 0 Å². The van der Waals surface area contributed by atoms with Crippen molar-refractivity contribution >= 4 is 25.7 Å². The van der Waals surface area contributed by atoms with E-state index in [9.17, 15) is 16.8 Å². The minimum atomic E-state index is -3.83. The van der Waals surface area contributed by atoms with E-state index in [4.69, 9.17) is 0 Å². The highest BCUT2D eigenvalue weighted by Crippen LogP contribution is 2.30. The van der Waals surface area contributed by atoms with Crippen LogP contribution in [0.1, 0.15) is 44.5 Å². The maximum Gasteiger partial charge on any atom is 0.265 e. The fourth-order valence-electron chi connectivity index (χ4n) is 4.04. The van der Waals surface area contributed by atoms with Gasteiger partial charge in [0.1, 0.15) is 4.90 Å². The zero-order chi connectivity index (χ0) is 21.6. The molecule has 0 bridgehead atoms. The fraction of sp³-hybridized carbons (Fsp3) is 0.526. The maximum absolute atomic E-state index is 13.1. The molecule has 0 amide bonds. The van der Waals surface area contributed by atoms with Crippen LogP contribution in [0.4, 0.5) is 5.69 Å². The zero-order valence-corrected chi connectivity index (χ0v) is 19.0. The van der Waals surface area contributed by atoms with Gasteiger partial charge in [-0.3, -0.25) is 9.40 Å². The third kappa shape index (κ3) is 4.06. The van der Waals surface area contributed by atoms with Crippen LogP contribution in [0.5, 0.6) is 0 Å². The van der Waals surface area contributed by atoms with E-state index < -0.39 is 20.0 Å². The molecule has 160 valence electrons. The zero-order valence-electron chi connectivity index (χ0n) is 17.4. The van der Waals surface area contributed by atoms with Gasteiger partial charge in [0.2, 0.25) is 10.0 Å². The molecule has 0 spiro atoms. The molecule has 0 saturated carbocycles. The van der Waals surface area contributed by atoms with Crippen LogP contribution in [-0.4, -0.2) is 43.0 Å². The Hall–Kier alpha value is -1.91. The minimum Gasteiger partial charge on any atom is -0.280 e. The average Bonchev–Trinajstić information content (AvgIpc) is 2.87. The summed E-state index contributed by atoms with van der Waals surface area (Å²) in [6, 6.07) is 5.74. The highest BCUT2D eigenvalue weighted by molar-refractivity contribution is 7.92. The van der Waals surface area contributed by atoms with Gasteiger partial charge in [-0.05, 0) is 64.8 Å². The van der Waals surface area contributed by atoms with Gasteiger partial charge >= 0.3 is 0 Å². The molecule has 1 aromatic carbocycles. The summed E-state index contributed by atoms with van der Waals surface area (Å²) in [7, 11) is -5.79. The summed E-state index contributed by atoms with van der Waals surface area (Å²) < 4.78 is 57.3. The summed E-state index contributed by atoms with van der Waals surface area (Å²) in [6.07, 6.45) is 2.69. The van der Waals surface area contributed by atoms with Crippen molar-refractivity contribution in [2.75, 3.05) is 4.72 Å². The van der Waals surface area contributed by atoms with E-state index in [1.54, 1.807) is 25.2 Å². The Morgan fingerprint density at radius 3 is 2.03 bits per heavy atom. The Balaban J connectivity index is 1.87. The number of rotatable bonds is 5. The van der Waals surface area contributed by atoms with Gasteiger partial charge in [-0.2, -0.15) is 9.40 Å². The molecule has 2 aromatic rings. The van der Waals surface area contributed by atoms with Gasteiger partial charge in [0.05, 0.1) is 16.3 Å². The largest absolute Gasteiger partial charge is 0.280 e. The van der Waals surface area contributed by atoms with Gasteiger partial charge in [0.15, 0.2) is 0 Å². The van der Waals surface area contributed by atoms with Gasteiger partial charge in [-0.15, -0.1) is 0 Å². The monoisotopic (exact) mass is 440 g/mol. The first-order valence-corrected chi connectivity index (χ1v) is 12.5. The average molecular weight is 441 g/mol. The second kappa shape index (κ2) is 7.73. The first-order chi connectivity index (χ1) is 13.4. The van der Waals surface area contributed by atoms with Gasteiger partial charge in [0, 0.05) is 24.8 Å². The number of nitrogens with one attached hydrogen (secondary N) is 1. The Bertz CT molecular complexity index is 1100. The molecule has 1 fully saturated rings. The van der Waals surface area contributed by atoms with E-state index in [2.05, 4.69) is 9.82 Å². The Labute approximate surface area is 173 Å². The second-order valence-corrected chi connectivity index (χ2v) is 11.2. The van der Waals surface area contributed by atoms with E-state index in [0.29, 0.717) is 17.1 Å². The van der Waals surface area contributed by atoms with Crippen molar-refractivity contribution in [3.8, 4) is 0 Å². The molecule has 3 rings (SSSR count).